The molecule has 0 radical (unpaired) electrons. The lowest BCUT2D eigenvalue weighted by molar-refractivity contribution is -0.275. The van der Waals surface area contributed by atoms with E-state index in [9.17, 15) is 13.2 Å². The molecule has 0 fully saturated rings. The minimum absolute atomic E-state index is 0.000671. The average Bonchev–Trinajstić information content (AvgIpc) is 2.22. The maximum atomic E-state index is 12.2. The fraction of sp³-hybridized carbons (Fsp3) is 0.333. The Hall–Kier alpha value is -1.08. The Morgan fingerprint density at radius 2 is 2.18 bits per heavy atom. The van der Waals surface area contributed by atoms with Crippen LogP contribution < -0.4 is 10.5 Å². The van der Waals surface area contributed by atoms with Gasteiger partial charge >= 0.3 is 6.36 Å². The van der Waals surface area contributed by atoms with Crippen LogP contribution in [0.5, 0.6) is 5.75 Å². The van der Waals surface area contributed by atoms with Crippen molar-refractivity contribution in [2.75, 3.05) is 0 Å². The van der Waals surface area contributed by atoms with Crippen molar-refractivity contribution >= 4 is 22.6 Å². The van der Waals surface area contributed by atoms with Gasteiger partial charge in [-0.1, -0.05) is 0 Å². The zero-order valence-electron chi connectivity index (χ0n) is 8.38. The third-order valence-electron chi connectivity index (χ3n) is 1.80. The van der Waals surface area contributed by atoms with Crippen LogP contribution in [0, 0.1) is 14.9 Å². The molecule has 0 spiro atoms. The topological polar surface area (TPSA) is 71.9 Å². The zero-order chi connectivity index (χ0) is 13.1. The number of hydrogen-bond acceptors (Lipinski definition) is 4. The van der Waals surface area contributed by atoms with Gasteiger partial charge in [0.05, 0.1) is 21.8 Å². The molecule has 0 aliphatic heterocycles. The van der Waals surface area contributed by atoms with Gasteiger partial charge in [-0.25, -0.2) is 0 Å². The van der Waals surface area contributed by atoms with E-state index in [1.807, 2.05) is 0 Å². The highest BCUT2D eigenvalue weighted by Gasteiger charge is 2.33. The summed E-state index contributed by atoms with van der Waals surface area (Å²) in [6.07, 6.45) is -3.84. The van der Waals surface area contributed by atoms with Gasteiger partial charge in [0, 0.05) is 18.3 Å². The van der Waals surface area contributed by atoms with Crippen molar-refractivity contribution in [1.82, 2.24) is 4.98 Å². The molecule has 0 amide bonds. The second-order valence-electron chi connectivity index (χ2n) is 2.96. The molecule has 0 saturated heterocycles. The molecule has 0 aliphatic rings. The van der Waals surface area contributed by atoms with Gasteiger partial charge in [0.25, 0.3) is 0 Å². The lowest BCUT2D eigenvalue weighted by Gasteiger charge is -2.15. The Bertz CT molecular complexity index is 456. The number of nitrogens with zero attached hydrogens (tertiary/aromatic N) is 2. The van der Waals surface area contributed by atoms with Crippen LogP contribution in [0.15, 0.2) is 6.20 Å². The highest BCUT2D eigenvalue weighted by Crippen LogP contribution is 2.32. The lowest BCUT2D eigenvalue weighted by Crippen LogP contribution is -2.20. The first-order chi connectivity index (χ1) is 7.89. The molecular formula is C9H7F3IN3O. The first-order valence-electron chi connectivity index (χ1n) is 4.38. The summed E-state index contributed by atoms with van der Waals surface area (Å²) < 4.78 is 40.7. The molecule has 1 rings (SSSR count). The number of nitrogens with two attached hydrogens (primary N) is 1. The summed E-state index contributed by atoms with van der Waals surface area (Å²) in [5.41, 5.74) is 5.73. The maximum Gasteiger partial charge on any atom is 0.573 e. The third kappa shape index (κ3) is 3.71. The number of alkyl halides is 3. The Kier molecular flexibility index (Phi) is 4.53. The molecule has 2 N–H and O–H groups in total. The van der Waals surface area contributed by atoms with E-state index < -0.39 is 12.1 Å². The monoisotopic (exact) mass is 357 g/mol. The van der Waals surface area contributed by atoms with Crippen molar-refractivity contribution in [3.63, 3.8) is 0 Å². The molecule has 0 saturated carbocycles. The third-order valence-corrected chi connectivity index (χ3v) is 2.91. The van der Waals surface area contributed by atoms with Crippen molar-refractivity contribution in [3.05, 3.63) is 21.0 Å². The normalized spacial score (nSPS) is 11.1. The zero-order valence-corrected chi connectivity index (χ0v) is 10.5. The van der Waals surface area contributed by atoms with Crippen molar-refractivity contribution in [2.24, 2.45) is 5.73 Å². The number of hydrogen-bond donors (Lipinski definition) is 1. The molecule has 0 aromatic carbocycles. The molecule has 1 heterocycles. The van der Waals surface area contributed by atoms with Crippen LogP contribution in [-0.4, -0.2) is 11.3 Å². The van der Waals surface area contributed by atoms with Crippen LogP contribution in [0.4, 0.5) is 13.2 Å². The first kappa shape index (κ1) is 14.0. The van der Waals surface area contributed by atoms with Crippen molar-refractivity contribution < 1.29 is 17.9 Å². The van der Waals surface area contributed by atoms with Gasteiger partial charge in [-0.3, -0.25) is 4.98 Å². The maximum absolute atomic E-state index is 12.2. The van der Waals surface area contributed by atoms with Gasteiger partial charge < -0.3 is 10.5 Å². The number of pyridine rings is 1. The fourth-order valence-electron chi connectivity index (χ4n) is 1.12. The average molecular weight is 357 g/mol. The molecule has 92 valence electrons. The molecule has 0 aliphatic carbocycles. The second-order valence-corrected chi connectivity index (χ2v) is 4.04. The summed E-state index contributed by atoms with van der Waals surface area (Å²) in [5.74, 6) is -0.393. The molecular weight excluding hydrogens is 350 g/mol. The molecule has 0 bridgehead atoms. The minimum Gasteiger partial charge on any atom is -0.404 e. The standard InChI is InChI=1S/C9H7F3IN3O/c10-9(11,12)17-8-5(1-2-14)4-16-6(3-15)7(8)13/h4H,1,3,15H2. The van der Waals surface area contributed by atoms with Gasteiger partial charge in [0.1, 0.15) is 5.75 Å². The molecule has 0 atom stereocenters. The van der Waals surface area contributed by atoms with Crippen molar-refractivity contribution in [3.8, 4) is 11.8 Å². The fourth-order valence-corrected chi connectivity index (χ4v) is 1.94. The van der Waals surface area contributed by atoms with E-state index in [0.717, 1.165) is 0 Å². The van der Waals surface area contributed by atoms with Crippen LogP contribution in [0.25, 0.3) is 0 Å². The molecule has 1 aromatic rings. The summed E-state index contributed by atoms with van der Waals surface area (Å²) >= 11 is 1.67. The van der Waals surface area contributed by atoms with E-state index >= 15 is 0 Å². The number of ether oxygens (including phenoxy) is 1. The molecule has 8 heteroatoms. The first-order valence-corrected chi connectivity index (χ1v) is 5.46. The van der Waals surface area contributed by atoms with Crippen molar-refractivity contribution in [2.45, 2.75) is 19.3 Å². The molecule has 17 heavy (non-hydrogen) atoms. The Balaban J connectivity index is 3.25. The van der Waals surface area contributed by atoms with Crippen LogP contribution in [0.2, 0.25) is 0 Å². The second kappa shape index (κ2) is 5.50. The predicted molar refractivity (Wildman–Crippen MR) is 60.8 cm³/mol. The smallest absolute Gasteiger partial charge is 0.404 e. The molecule has 4 nitrogen and oxygen atoms in total. The Morgan fingerprint density at radius 1 is 1.53 bits per heavy atom. The number of halogens is 4. The van der Waals surface area contributed by atoms with E-state index in [1.54, 1.807) is 28.7 Å². The van der Waals surface area contributed by atoms with Crippen molar-refractivity contribution in [1.29, 1.82) is 5.26 Å². The largest absolute Gasteiger partial charge is 0.573 e. The van der Waals surface area contributed by atoms with Gasteiger partial charge in [-0.15, -0.1) is 13.2 Å². The Labute approximate surface area is 109 Å². The SMILES string of the molecule is N#CCc1cnc(CN)c(I)c1OC(F)(F)F. The summed E-state index contributed by atoms with van der Waals surface area (Å²) in [7, 11) is 0. The summed E-state index contributed by atoms with van der Waals surface area (Å²) in [4.78, 5) is 3.88. The van der Waals surface area contributed by atoms with E-state index in [0.29, 0.717) is 5.69 Å². The summed E-state index contributed by atoms with van der Waals surface area (Å²) in [6.45, 7) is -0.000671. The van der Waals surface area contributed by atoms with Crippen LogP contribution in [0.1, 0.15) is 11.3 Å². The molecule has 1 aromatic heterocycles. The highest BCUT2D eigenvalue weighted by molar-refractivity contribution is 14.1. The van der Waals surface area contributed by atoms with E-state index in [4.69, 9.17) is 11.0 Å². The molecule has 0 unspecified atom stereocenters. The van der Waals surface area contributed by atoms with Crippen LogP contribution in [0.3, 0.4) is 0 Å². The van der Waals surface area contributed by atoms with E-state index in [2.05, 4.69) is 9.72 Å². The van der Waals surface area contributed by atoms with Gasteiger partial charge in [0.15, 0.2) is 0 Å². The van der Waals surface area contributed by atoms with Gasteiger partial charge in [-0.2, -0.15) is 5.26 Å². The number of nitriles is 1. The van der Waals surface area contributed by atoms with Gasteiger partial charge in [-0.05, 0) is 22.6 Å². The summed E-state index contributed by atoms with van der Waals surface area (Å²) in [6, 6.07) is 1.75. The quantitative estimate of drug-likeness (QED) is 0.842. The van der Waals surface area contributed by atoms with Crippen LogP contribution in [-0.2, 0) is 13.0 Å². The van der Waals surface area contributed by atoms with Gasteiger partial charge in [0.2, 0.25) is 0 Å². The predicted octanol–water partition coefficient (Wildman–Crippen LogP) is 2.11. The number of rotatable bonds is 3. The lowest BCUT2D eigenvalue weighted by atomic mass is 10.2. The minimum atomic E-state index is -4.81. The Morgan fingerprint density at radius 3 is 2.65 bits per heavy atom. The van der Waals surface area contributed by atoms with E-state index in [-0.39, 0.29) is 22.1 Å². The number of aromatic nitrogens is 1. The van der Waals surface area contributed by atoms with Crippen LogP contribution >= 0.6 is 22.6 Å². The van der Waals surface area contributed by atoms with E-state index in [1.165, 1.54) is 6.20 Å². The summed E-state index contributed by atoms with van der Waals surface area (Å²) in [5, 5.41) is 8.52. The highest BCUT2D eigenvalue weighted by atomic mass is 127.